The molecule has 7 heteroatoms. The Kier molecular flexibility index (Phi) is 3.21. The molecule has 2 heterocycles. The van der Waals surface area contributed by atoms with Crippen molar-refractivity contribution in [3.8, 4) is 5.75 Å². The maximum absolute atomic E-state index is 13.4. The molecule has 1 aliphatic rings. The van der Waals surface area contributed by atoms with Gasteiger partial charge >= 0.3 is 0 Å². The van der Waals surface area contributed by atoms with Gasteiger partial charge in [-0.1, -0.05) is 0 Å². The summed E-state index contributed by atoms with van der Waals surface area (Å²) in [6.45, 7) is 0.287. The van der Waals surface area contributed by atoms with Gasteiger partial charge < -0.3 is 10.1 Å². The number of fused-ring (bicyclic) bond motifs is 1. The topological polar surface area (TPSA) is 56.2 Å². The molecule has 2 aromatic rings. The minimum absolute atomic E-state index is 0.244. The van der Waals surface area contributed by atoms with E-state index in [4.69, 9.17) is 4.74 Å². The highest BCUT2D eigenvalue weighted by Gasteiger charge is 2.28. The number of aromatic nitrogens is 2. The zero-order chi connectivity index (χ0) is 14.3. The number of amides is 1. The summed E-state index contributed by atoms with van der Waals surface area (Å²) in [6, 6.07) is 4.28. The number of hydrogen-bond acceptors (Lipinski definition) is 3. The van der Waals surface area contributed by atoms with Crippen LogP contribution < -0.4 is 10.1 Å². The fraction of sp³-hybridized carbons (Fsp3) is 0.231. The molecule has 0 saturated heterocycles. The summed E-state index contributed by atoms with van der Waals surface area (Å²) in [4.78, 5) is 12.1. The van der Waals surface area contributed by atoms with E-state index in [0.717, 1.165) is 5.56 Å². The molecule has 1 aromatic heterocycles. The Labute approximate surface area is 122 Å². The van der Waals surface area contributed by atoms with Gasteiger partial charge in [-0.3, -0.25) is 9.48 Å². The van der Waals surface area contributed by atoms with E-state index in [1.165, 1.54) is 10.7 Å². The van der Waals surface area contributed by atoms with Crippen molar-refractivity contribution in [3.63, 3.8) is 0 Å². The average molecular weight is 340 g/mol. The van der Waals surface area contributed by atoms with Gasteiger partial charge in [0, 0.05) is 24.9 Å². The van der Waals surface area contributed by atoms with Crippen LogP contribution in [0.1, 0.15) is 22.1 Å². The van der Waals surface area contributed by atoms with E-state index in [0.29, 0.717) is 15.9 Å². The summed E-state index contributed by atoms with van der Waals surface area (Å²) >= 11 is 3.14. The van der Waals surface area contributed by atoms with Gasteiger partial charge in [0.1, 0.15) is 23.9 Å². The first-order valence-corrected chi connectivity index (χ1v) is 6.76. The lowest BCUT2D eigenvalue weighted by molar-refractivity contribution is 0.0920. The van der Waals surface area contributed by atoms with Crippen LogP contribution in [0.2, 0.25) is 0 Å². The van der Waals surface area contributed by atoms with Crippen LogP contribution in [-0.4, -0.2) is 22.3 Å². The second kappa shape index (κ2) is 4.90. The Morgan fingerprint density at radius 3 is 3.10 bits per heavy atom. The fourth-order valence-electron chi connectivity index (χ4n) is 2.15. The van der Waals surface area contributed by atoms with Gasteiger partial charge in [-0.15, -0.1) is 0 Å². The molecule has 0 aliphatic carbocycles. The molecule has 0 saturated carbocycles. The van der Waals surface area contributed by atoms with Crippen molar-refractivity contribution in [1.29, 1.82) is 0 Å². The van der Waals surface area contributed by atoms with Gasteiger partial charge in [-0.25, -0.2) is 4.39 Å². The highest BCUT2D eigenvalue weighted by atomic mass is 79.9. The number of hydrogen-bond donors (Lipinski definition) is 1. The van der Waals surface area contributed by atoms with E-state index in [-0.39, 0.29) is 24.4 Å². The summed E-state index contributed by atoms with van der Waals surface area (Å²) in [5.41, 5.74) is 1.22. The second-order valence-electron chi connectivity index (χ2n) is 4.48. The molecule has 0 bridgehead atoms. The maximum Gasteiger partial charge on any atom is 0.270 e. The van der Waals surface area contributed by atoms with Crippen LogP contribution in [0.4, 0.5) is 4.39 Å². The second-order valence-corrected chi connectivity index (χ2v) is 5.34. The Balaban J connectivity index is 1.84. The largest absolute Gasteiger partial charge is 0.491 e. The number of benzene rings is 1. The molecule has 104 valence electrons. The van der Waals surface area contributed by atoms with Gasteiger partial charge in [0.2, 0.25) is 0 Å². The number of ether oxygens (including phenoxy) is 1. The molecule has 1 N–H and O–H groups in total. The molecule has 20 heavy (non-hydrogen) atoms. The SMILES string of the molecule is Cn1nccc1C(=O)N[C@@H]1COc2cc(F)c(Br)cc21. The monoisotopic (exact) mass is 339 g/mol. The molecule has 1 amide bonds. The van der Waals surface area contributed by atoms with Crippen molar-refractivity contribution < 1.29 is 13.9 Å². The van der Waals surface area contributed by atoms with E-state index in [1.807, 2.05) is 0 Å². The van der Waals surface area contributed by atoms with Gasteiger partial charge in [0.25, 0.3) is 5.91 Å². The van der Waals surface area contributed by atoms with Gasteiger partial charge in [-0.05, 0) is 28.1 Å². The summed E-state index contributed by atoms with van der Waals surface area (Å²) in [5, 5.41) is 6.81. The Hall–Kier alpha value is -1.89. The predicted molar refractivity (Wildman–Crippen MR) is 73.0 cm³/mol. The molecule has 1 aliphatic heterocycles. The van der Waals surface area contributed by atoms with E-state index in [2.05, 4.69) is 26.3 Å². The minimum Gasteiger partial charge on any atom is -0.491 e. The van der Waals surface area contributed by atoms with Crippen LogP contribution in [-0.2, 0) is 7.05 Å². The lowest BCUT2D eigenvalue weighted by Gasteiger charge is -2.12. The van der Waals surface area contributed by atoms with Gasteiger partial charge in [0.15, 0.2) is 0 Å². The molecule has 0 fully saturated rings. The fourth-order valence-corrected chi connectivity index (χ4v) is 2.51. The molecule has 3 rings (SSSR count). The van der Waals surface area contributed by atoms with Crippen molar-refractivity contribution in [2.75, 3.05) is 6.61 Å². The summed E-state index contributed by atoms with van der Waals surface area (Å²) in [5.74, 6) is -0.171. The number of carbonyl (C=O) groups excluding carboxylic acids is 1. The van der Waals surface area contributed by atoms with Crippen LogP contribution in [0.25, 0.3) is 0 Å². The number of aryl methyl sites for hydroxylation is 1. The molecule has 1 aromatic carbocycles. The zero-order valence-corrected chi connectivity index (χ0v) is 12.1. The van der Waals surface area contributed by atoms with Crippen LogP contribution in [0, 0.1) is 5.82 Å². The third-order valence-corrected chi connectivity index (χ3v) is 3.80. The van der Waals surface area contributed by atoms with Gasteiger partial charge in [0.05, 0.1) is 10.5 Å². The van der Waals surface area contributed by atoms with Crippen molar-refractivity contribution in [2.45, 2.75) is 6.04 Å². The lowest BCUT2D eigenvalue weighted by Crippen LogP contribution is -2.30. The first-order chi connectivity index (χ1) is 9.56. The van der Waals surface area contributed by atoms with E-state index in [9.17, 15) is 9.18 Å². The van der Waals surface area contributed by atoms with E-state index >= 15 is 0 Å². The van der Waals surface area contributed by atoms with Crippen LogP contribution in [0.3, 0.4) is 0 Å². The van der Waals surface area contributed by atoms with Crippen LogP contribution >= 0.6 is 15.9 Å². The summed E-state index contributed by atoms with van der Waals surface area (Å²) in [6.07, 6.45) is 1.56. The highest BCUT2D eigenvalue weighted by molar-refractivity contribution is 9.10. The van der Waals surface area contributed by atoms with Crippen molar-refractivity contribution in [3.05, 3.63) is 45.9 Å². The normalized spacial score (nSPS) is 16.6. The zero-order valence-electron chi connectivity index (χ0n) is 10.6. The van der Waals surface area contributed by atoms with Crippen LogP contribution in [0.15, 0.2) is 28.9 Å². The molecule has 0 unspecified atom stereocenters. The molecule has 5 nitrogen and oxygen atoms in total. The van der Waals surface area contributed by atoms with E-state index in [1.54, 1.807) is 25.4 Å². The quantitative estimate of drug-likeness (QED) is 0.912. The first-order valence-electron chi connectivity index (χ1n) is 5.97. The molecule has 0 spiro atoms. The molecule has 0 radical (unpaired) electrons. The number of nitrogens with one attached hydrogen (secondary N) is 1. The van der Waals surface area contributed by atoms with Crippen molar-refractivity contribution in [2.24, 2.45) is 7.05 Å². The number of carbonyl (C=O) groups is 1. The lowest BCUT2D eigenvalue weighted by atomic mass is 10.1. The average Bonchev–Trinajstić information content (AvgIpc) is 2.98. The number of nitrogens with zero attached hydrogens (tertiary/aromatic N) is 2. The van der Waals surface area contributed by atoms with Crippen molar-refractivity contribution in [1.82, 2.24) is 15.1 Å². The maximum atomic E-state index is 13.4. The van der Waals surface area contributed by atoms with E-state index < -0.39 is 0 Å². The highest BCUT2D eigenvalue weighted by Crippen LogP contribution is 2.36. The third-order valence-electron chi connectivity index (χ3n) is 3.19. The predicted octanol–water partition coefficient (Wildman–Crippen LogP) is 2.19. The third kappa shape index (κ3) is 2.18. The smallest absolute Gasteiger partial charge is 0.270 e. The molecule has 1 atom stereocenters. The Bertz CT molecular complexity index is 686. The summed E-state index contributed by atoms with van der Waals surface area (Å²) in [7, 11) is 1.69. The number of halogens is 2. The standard InChI is InChI=1S/C13H11BrFN3O2/c1-18-11(2-3-16-18)13(19)17-10-6-20-12-5-9(15)8(14)4-7(10)12/h2-5,10H,6H2,1H3,(H,17,19)/t10-/m1/s1. The minimum atomic E-state index is -0.387. The molecular formula is C13H11BrFN3O2. The van der Waals surface area contributed by atoms with Crippen LogP contribution in [0.5, 0.6) is 5.75 Å². The summed E-state index contributed by atoms with van der Waals surface area (Å²) < 4.78 is 20.7. The molecular weight excluding hydrogens is 329 g/mol. The Morgan fingerprint density at radius 2 is 2.40 bits per heavy atom. The van der Waals surface area contributed by atoms with Crippen molar-refractivity contribution >= 4 is 21.8 Å². The number of rotatable bonds is 2. The Morgan fingerprint density at radius 1 is 1.60 bits per heavy atom. The van der Waals surface area contributed by atoms with Gasteiger partial charge in [-0.2, -0.15) is 5.10 Å². The first kappa shape index (κ1) is 13.1.